The van der Waals surface area contributed by atoms with E-state index in [1.54, 1.807) is 0 Å². The Morgan fingerprint density at radius 1 is 1.00 bits per heavy atom. The van der Waals surface area contributed by atoms with Gasteiger partial charge >= 0.3 is 0 Å². The molecule has 1 heterocycles. The minimum Gasteiger partial charge on any atom is -0.394 e. The summed E-state index contributed by atoms with van der Waals surface area (Å²) >= 11 is 0. The zero-order valence-electron chi connectivity index (χ0n) is 15.4. The Labute approximate surface area is 151 Å². The number of aliphatic hydroxyl groups excluding tert-OH is 1. The molecule has 0 saturated carbocycles. The van der Waals surface area contributed by atoms with Gasteiger partial charge in [-0.1, -0.05) is 87.4 Å². The Balaban J connectivity index is 2.22. The second-order valence-corrected chi connectivity index (χ2v) is 12.3. The van der Waals surface area contributed by atoms with Crippen molar-refractivity contribution in [2.75, 3.05) is 6.61 Å². The number of rotatable bonds is 3. The fourth-order valence-corrected chi connectivity index (χ4v) is 8.09. The van der Waals surface area contributed by atoms with E-state index in [4.69, 9.17) is 4.74 Å². The van der Waals surface area contributed by atoms with E-state index in [2.05, 4.69) is 92.9 Å². The lowest BCUT2D eigenvalue weighted by molar-refractivity contribution is 0.240. The van der Waals surface area contributed by atoms with E-state index < -0.39 is 13.7 Å². The zero-order valence-corrected chi connectivity index (χ0v) is 16.4. The van der Waals surface area contributed by atoms with Crippen LogP contribution in [0, 0.1) is 11.5 Å². The van der Waals surface area contributed by atoms with Crippen molar-refractivity contribution < 1.29 is 9.84 Å². The molecule has 0 spiro atoms. The summed E-state index contributed by atoms with van der Waals surface area (Å²) in [4.78, 5) is 0. The first-order valence-corrected chi connectivity index (χ1v) is 10.8. The maximum absolute atomic E-state index is 9.38. The second-order valence-electron chi connectivity index (χ2n) is 7.88. The molecule has 1 N–H and O–H groups in total. The monoisotopic (exact) mass is 350 g/mol. The van der Waals surface area contributed by atoms with Crippen LogP contribution in [0.2, 0.25) is 5.04 Å². The molecule has 3 heteroatoms. The maximum atomic E-state index is 9.38. The largest absolute Gasteiger partial charge is 0.394 e. The summed E-state index contributed by atoms with van der Waals surface area (Å²) in [6, 6.07) is 21.3. The van der Waals surface area contributed by atoms with Gasteiger partial charge in [0, 0.05) is 0 Å². The average molecular weight is 351 g/mol. The summed E-state index contributed by atoms with van der Waals surface area (Å²) in [7, 11) is -2.38. The molecule has 2 unspecified atom stereocenters. The molecule has 1 saturated heterocycles. The third kappa shape index (κ3) is 3.18. The molecule has 0 bridgehead atoms. The predicted octanol–water partition coefficient (Wildman–Crippen LogP) is 2.74. The van der Waals surface area contributed by atoms with Gasteiger partial charge in [0.05, 0.1) is 6.61 Å². The lowest BCUT2D eigenvalue weighted by Gasteiger charge is -2.39. The SMILES string of the molecule is CC1(C#C[Si](c2ccccc2)(c2ccccc2)C(C)(C)C)OC1CO. The second kappa shape index (κ2) is 6.46. The predicted molar refractivity (Wildman–Crippen MR) is 106 cm³/mol. The number of hydrogen-bond donors (Lipinski definition) is 1. The highest BCUT2D eigenvalue weighted by molar-refractivity contribution is 7.10. The highest BCUT2D eigenvalue weighted by atomic mass is 28.3. The molecule has 0 aromatic heterocycles. The standard InChI is InChI=1S/C22H26O2Si/c1-21(2,3)25(18-11-7-5-8-12-18,19-13-9-6-10-14-19)16-15-22(4)20(17-23)24-22/h5-14,20,23H,17H2,1-4H3. The first-order valence-electron chi connectivity index (χ1n) is 8.77. The van der Waals surface area contributed by atoms with Crippen molar-refractivity contribution in [3.63, 3.8) is 0 Å². The Kier molecular flexibility index (Phi) is 4.63. The van der Waals surface area contributed by atoms with E-state index in [9.17, 15) is 5.11 Å². The summed E-state index contributed by atoms with van der Waals surface area (Å²) < 4.78 is 5.63. The zero-order chi connectivity index (χ0) is 18.1. The summed E-state index contributed by atoms with van der Waals surface area (Å²) in [5.74, 6) is 3.41. The van der Waals surface area contributed by atoms with Crippen molar-refractivity contribution in [1.29, 1.82) is 0 Å². The summed E-state index contributed by atoms with van der Waals surface area (Å²) in [6.07, 6.45) is -0.168. The summed E-state index contributed by atoms with van der Waals surface area (Å²) in [6.45, 7) is 8.85. The minimum atomic E-state index is -2.38. The number of epoxide rings is 1. The molecule has 1 fully saturated rings. The van der Waals surface area contributed by atoms with E-state index in [0.717, 1.165) is 0 Å². The van der Waals surface area contributed by atoms with Gasteiger partial charge in [0.2, 0.25) is 8.07 Å². The van der Waals surface area contributed by atoms with Gasteiger partial charge in [0.25, 0.3) is 0 Å². The number of ether oxygens (including phenoxy) is 1. The molecule has 1 aliphatic rings. The van der Waals surface area contributed by atoms with Crippen molar-refractivity contribution in [1.82, 2.24) is 0 Å². The van der Waals surface area contributed by atoms with Crippen molar-refractivity contribution in [3.8, 4) is 11.5 Å². The molecule has 1 aliphatic heterocycles. The fourth-order valence-electron chi connectivity index (χ4n) is 3.54. The van der Waals surface area contributed by atoms with Crippen LogP contribution in [-0.4, -0.2) is 31.5 Å². The van der Waals surface area contributed by atoms with Gasteiger partial charge in [-0.15, -0.1) is 5.54 Å². The topological polar surface area (TPSA) is 32.8 Å². The molecule has 25 heavy (non-hydrogen) atoms. The van der Waals surface area contributed by atoms with E-state index in [1.165, 1.54) is 10.4 Å². The first kappa shape index (κ1) is 17.9. The van der Waals surface area contributed by atoms with Gasteiger partial charge in [0.1, 0.15) is 6.10 Å². The molecule has 2 aromatic rings. The van der Waals surface area contributed by atoms with Crippen LogP contribution >= 0.6 is 0 Å². The van der Waals surface area contributed by atoms with Crippen molar-refractivity contribution in [2.45, 2.75) is 44.4 Å². The van der Waals surface area contributed by atoms with E-state index in [1.807, 2.05) is 6.92 Å². The van der Waals surface area contributed by atoms with Crippen LogP contribution in [0.15, 0.2) is 60.7 Å². The first-order chi connectivity index (χ1) is 11.8. The van der Waals surface area contributed by atoms with Gasteiger partial charge in [0.15, 0.2) is 5.60 Å². The van der Waals surface area contributed by atoms with Crippen molar-refractivity contribution in [2.24, 2.45) is 0 Å². The van der Waals surface area contributed by atoms with Crippen LogP contribution in [-0.2, 0) is 4.74 Å². The highest BCUT2D eigenvalue weighted by Gasteiger charge is 2.52. The molecule has 0 amide bonds. The number of hydrogen-bond acceptors (Lipinski definition) is 2. The van der Waals surface area contributed by atoms with Gasteiger partial charge in [-0.2, -0.15) is 0 Å². The van der Waals surface area contributed by atoms with E-state index >= 15 is 0 Å². The Morgan fingerprint density at radius 2 is 1.48 bits per heavy atom. The lowest BCUT2D eigenvalue weighted by atomic mass is 10.1. The maximum Gasteiger partial charge on any atom is 0.204 e. The number of benzene rings is 2. The Morgan fingerprint density at radius 3 is 1.84 bits per heavy atom. The third-order valence-corrected chi connectivity index (χ3v) is 10.3. The summed E-state index contributed by atoms with van der Waals surface area (Å²) in [5, 5.41) is 12.0. The van der Waals surface area contributed by atoms with Gasteiger partial charge in [-0.05, 0) is 22.3 Å². The minimum absolute atomic E-state index is 0.00265. The smallest absolute Gasteiger partial charge is 0.204 e. The highest BCUT2D eigenvalue weighted by Crippen LogP contribution is 2.38. The van der Waals surface area contributed by atoms with Crippen molar-refractivity contribution in [3.05, 3.63) is 60.7 Å². The third-order valence-electron chi connectivity index (χ3n) is 5.15. The van der Waals surface area contributed by atoms with Crippen LogP contribution < -0.4 is 10.4 Å². The molecule has 0 radical (unpaired) electrons. The van der Waals surface area contributed by atoms with Crippen LogP contribution in [0.1, 0.15) is 27.7 Å². The van der Waals surface area contributed by atoms with Gasteiger partial charge < -0.3 is 9.84 Å². The molecule has 2 atom stereocenters. The molecular weight excluding hydrogens is 324 g/mol. The van der Waals surface area contributed by atoms with Crippen LogP contribution in [0.4, 0.5) is 0 Å². The van der Waals surface area contributed by atoms with Crippen LogP contribution in [0.25, 0.3) is 0 Å². The normalized spacial score (nSPS) is 22.8. The molecule has 2 nitrogen and oxygen atoms in total. The van der Waals surface area contributed by atoms with E-state index in [0.29, 0.717) is 0 Å². The molecular formula is C22H26O2Si. The van der Waals surface area contributed by atoms with Crippen LogP contribution in [0.3, 0.4) is 0 Å². The Hall–Kier alpha value is -1.86. The van der Waals surface area contributed by atoms with E-state index in [-0.39, 0.29) is 17.7 Å². The molecule has 130 valence electrons. The molecule has 3 rings (SSSR count). The lowest BCUT2D eigenvalue weighted by Crippen LogP contribution is -2.63. The average Bonchev–Trinajstić information content (AvgIpc) is 3.27. The summed E-state index contributed by atoms with van der Waals surface area (Å²) in [5.41, 5.74) is 3.20. The van der Waals surface area contributed by atoms with Crippen molar-refractivity contribution >= 4 is 18.4 Å². The number of aliphatic hydroxyl groups is 1. The Bertz CT molecular complexity index is 744. The molecule has 2 aromatic carbocycles. The van der Waals surface area contributed by atoms with Gasteiger partial charge in [-0.3, -0.25) is 0 Å². The quantitative estimate of drug-likeness (QED) is 0.524. The molecule has 0 aliphatic carbocycles. The fraction of sp³-hybridized carbons (Fsp3) is 0.364. The van der Waals surface area contributed by atoms with Gasteiger partial charge in [-0.25, -0.2) is 0 Å². The van der Waals surface area contributed by atoms with Crippen LogP contribution in [0.5, 0.6) is 0 Å².